The molecule has 0 aliphatic carbocycles. The number of nitrogens with one attached hydrogen (secondary N) is 2. The van der Waals surface area contributed by atoms with Gasteiger partial charge in [-0.25, -0.2) is 19.1 Å². The van der Waals surface area contributed by atoms with Crippen LogP contribution in [0.1, 0.15) is 56.9 Å². The summed E-state index contributed by atoms with van der Waals surface area (Å²) in [4.78, 5) is 34.1. The van der Waals surface area contributed by atoms with Crippen molar-refractivity contribution < 1.29 is 27.1 Å². The number of amides is 2. The summed E-state index contributed by atoms with van der Waals surface area (Å²) in [5.41, 5.74) is 3.28. The van der Waals surface area contributed by atoms with Gasteiger partial charge in [0.2, 0.25) is 5.88 Å². The van der Waals surface area contributed by atoms with E-state index in [1.807, 2.05) is 37.6 Å². The summed E-state index contributed by atoms with van der Waals surface area (Å²) in [6.07, 6.45) is 0. The van der Waals surface area contributed by atoms with Crippen LogP contribution in [0.25, 0.3) is 11.3 Å². The third kappa shape index (κ3) is 6.80. The molecule has 0 atom stereocenters. The second kappa shape index (κ2) is 12.1. The molecule has 2 amide bonds. The van der Waals surface area contributed by atoms with Crippen LogP contribution in [-0.2, 0) is 10.0 Å². The number of hydrogen-bond donors (Lipinski definition) is 2. The molecule has 0 aliphatic rings. The summed E-state index contributed by atoms with van der Waals surface area (Å²) in [5, 5.41) is 2.34. The molecule has 0 spiro atoms. The largest absolute Gasteiger partial charge is 0.438 e. The van der Waals surface area contributed by atoms with Gasteiger partial charge >= 0.3 is 0 Å². The van der Waals surface area contributed by atoms with Crippen molar-refractivity contribution in [3.8, 4) is 22.9 Å². The SMILES string of the molecule is Cc1cc(C)c(Oc2nc(-c3ccc(C(=O)NC(C)C)c(F)c3)ccc2C(=O)NS(=O)(=O)c2cccc(C)n2)c(C)c1. The number of pyridine rings is 2. The zero-order valence-corrected chi connectivity index (χ0v) is 24.9. The Hall–Kier alpha value is -4.64. The molecule has 9 nitrogen and oxygen atoms in total. The number of hydrogen-bond acceptors (Lipinski definition) is 7. The van der Waals surface area contributed by atoms with E-state index in [0.29, 0.717) is 17.0 Å². The lowest BCUT2D eigenvalue weighted by Gasteiger charge is -2.16. The Labute approximate surface area is 244 Å². The number of nitrogens with zero attached hydrogens (tertiary/aromatic N) is 2. The highest BCUT2D eigenvalue weighted by atomic mass is 32.2. The van der Waals surface area contributed by atoms with Crippen LogP contribution in [0.5, 0.6) is 11.6 Å². The molecule has 0 radical (unpaired) electrons. The minimum Gasteiger partial charge on any atom is -0.438 e. The lowest BCUT2D eigenvalue weighted by molar-refractivity contribution is 0.0937. The fraction of sp³-hybridized carbons (Fsp3) is 0.226. The molecule has 0 fully saturated rings. The molecule has 2 N–H and O–H groups in total. The molecule has 0 saturated carbocycles. The van der Waals surface area contributed by atoms with Crippen LogP contribution in [0.3, 0.4) is 0 Å². The van der Waals surface area contributed by atoms with Crippen molar-refractivity contribution in [3.05, 3.63) is 100.0 Å². The number of halogens is 1. The molecular weight excluding hydrogens is 559 g/mol. The Morgan fingerprint density at radius 3 is 2.14 bits per heavy atom. The Morgan fingerprint density at radius 1 is 0.857 bits per heavy atom. The van der Waals surface area contributed by atoms with Crippen LogP contribution >= 0.6 is 0 Å². The van der Waals surface area contributed by atoms with Crippen molar-refractivity contribution in [2.75, 3.05) is 0 Å². The standard InChI is InChI=1S/C31H31FN4O5S/c1-17(2)33-29(37)23-11-10-22(16-25(23)32)26-13-12-24(30(38)36-42(39,40)27-9-7-8-21(6)34-27)31(35-26)41-28-19(4)14-18(3)15-20(28)5/h7-17H,1-6H3,(H,33,37)(H,36,38). The highest BCUT2D eigenvalue weighted by Crippen LogP contribution is 2.33. The minimum absolute atomic E-state index is 0.124. The number of aryl methyl sites for hydroxylation is 4. The van der Waals surface area contributed by atoms with Gasteiger partial charge in [0, 0.05) is 17.3 Å². The van der Waals surface area contributed by atoms with Gasteiger partial charge in [-0.1, -0.05) is 29.8 Å². The van der Waals surface area contributed by atoms with E-state index in [-0.39, 0.29) is 33.8 Å². The summed E-state index contributed by atoms with van der Waals surface area (Å²) < 4.78 is 49.0. The van der Waals surface area contributed by atoms with Crippen molar-refractivity contribution in [1.82, 2.24) is 20.0 Å². The summed E-state index contributed by atoms with van der Waals surface area (Å²) >= 11 is 0. The van der Waals surface area contributed by atoms with Crippen molar-refractivity contribution in [2.24, 2.45) is 0 Å². The second-order valence-corrected chi connectivity index (χ2v) is 11.9. The molecule has 2 aromatic heterocycles. The van der Waals surface area contributed by atoms with E-state index >= 15 is 0 Å². The maximum atomic E-state index is 15.0. The number of rotatable bonds is 8. The number of sulfonamides is 1. The van der Waals surface area contributed by atoms with E-state index in [4.69, 9.17) is 4.74 Å². The molecule has 0 aliphatic heterocycles. The Kier molecular flexibility index (Phi) is 8.72. The number of carbonyl (C=O) groups excluding carboxylic acids is 2. The monoisotopic (exact) mass is 590 g/mol. The molecule has 2 heterocycles. The average molecular weight is 591 g/mol. The number of aromatic nitrogens is 2. The molecule has 4 rings (SSSR count). The van der Waals surface area contributed by atoms with Crippen molar-refractivity contribution in [1.29, 1.82) is 0 Å². The summed E-state index contributed by atoms with van der Waals surface area (Å²) in [6, 6.07) is 14.9. The number of carbonyl (C=O) groups is 2. The van der Waals surface area contributed by atoms with Gasteiger partial charge in [0.1, 0.15) is 17.1 Å². The number of ether oxygens (including phenoxy) is 1. The van der Waals surface area contributed by atoms with Gasteiger partial charge < -0.3 is 10.1 Å². The summed E-state index contributed by atoms with van der Waals surface area (Å²) in [6.45, 7) is 10.8. The predicted molar refractivity (Wildman–Crippen MR) is 157 cm³/mol. The maximum Gasteiger partial charge on any atom is 0.281 e. The Balaban J connectivity index is 1.77. The van der Waals surface area contributed by atoms with Crippen molar-refractivity contribution in [3.63, 3.8) is 0 Å². The molecule has 42 heavy (non-hydrogen) atoms. The van der Waals surface area contributed by atoms with Crippen LogP contribution in [0.4, 0.5) is 4.39 Å². The van der Waals surface area contributed by atoms with Gasteiger partial charge in [-0.15, -0.1) is 0 Å². The van der Waals surface area contributed by atoms with E-state index in [2.05, 4.69) is 15.3 Å². The fourth-order valence-corrected chi connectivity index (χ4v) is 5.35. The molecule has 218 valence electrons. The molecular formula is C31H31FN4O5S. The molecule has 11 heteroatoms. The van der Waals surface area contributed by atoms with Gasteiger partial charge in [-0.05, 0) is 89.1 Å². The molecule has 0 bridgehead atoms. The van der Waals surface area contributed by atoms with E-state index in [0.717, 1.165) is 22.8 Å². The lowest BCUT2D eigenvalue weighted by atomic mass is 10.1. The smallest absolute Gasteiger partial charge is 0.281 e. The summed E-state index contributed by atoms with van der Waals surface area (Å²) in [5.74, 6) is -2.03. The van der Waals surface area contributed by atoms with E-state index in [1.165, 1.54) is 36.4 Å². The molecule has 0 saturated heterocycles. The first-order valence-corrected chi connectivity index (χ1v) is 14.6. The molecule has 4 aromatic rings. The minimum atomic E-state index is -4.31. The zero-order chi connectivity index (χ0) is 30.8. The van der Waals surface area contributed by atoms with Crippen molar-refractivity contribution >= 4 is 21.8 Å². The summed E-state index contributed by atoms with van der Waals surface area (Å²) in [7, 11) is -4.31. The van der Waals surface area contributed by atoms with Crippen LogP contribution < -0.4 is 14.8 Å². The van der Waals surface area contributed by atoms with Gasteiger partial charge in [0.25, 0.3) is 21.8 Å². The van der Waals surface area contributed by atoms with Gasteiger partial charge in [-0.2, -0.15) is 8.42 Å². The highest BCUT2D eigenvalue weighted by molar-refractivity contribution is 7.90. The quantitative estimate of drug-likeness (QED) is 0.275. The lowest BCUT2D eigenvalue weighted by Crippen LogP contribution is -2.31. The van der Waals surface area contributed by atoms with Crippen LogP contribution in [0.2, 0.25) is 0 Å². The highest BCUT2D eigenvalue weighted by Gasteiger charge is 2.25. The van der Waals surface area contributed by atoms with Gasteiger partial charge in [0.15, 0.2) is 5.03 Å². The maximum absolute atomic E-state index is 15.0. The van der Waals surface area contributed by atoms with Crippen LogP contribution in [0.15, 0.2) is 65.7 Å². The third-order valence-electron chi connectivity index (χ3n) is 6.20. The Bertz CT molecular complexity index is 1780. The zero-order valence-electron chi connectivity index (χ0n) is 24.1. The number of benzene rings is 2. The average Bonchev–Trinajstić information content (AvgIpc) is 2.89. The van der Waals surface area contributed by atoms with E-state index < -0.39 is 27.7 Å². The Morgan fingerprint density at radius 2 is 1.52 bits per heavy atom. The first-order valence-electron chi connectivity index (χ1n) is 13.1. The fourth-order valence-electron chi connectivity index (χ4n) is 4.37. The predicted octanol–water partition coefficient (Wildman–Crippen LogP) is 5.57. The molecule has 2 aromatic carbocycles. The first-order chi connectivity index (χ1) is 19.7. The van der Waals surface area contributed by atoms with Gasteiger partial charge in [0.05, 0.1) is 11.3 Å². The van der Waals surface area contributed by atoms with E-state index in [1.54, 1.807) is 26.8 Å². The second-order valence-electron chi connectivity index (χ2n) is 10.3. The normalized spacial score (nSPS) is 11.3. The van der Waals surface area contributed by atoms with Crippen LogP contribution in [0, 0.1) is 33.5 Å². The van der Waals surface area contributed by atoms with Gasteiger partial charge in [-0.3, -0.25) is 9.59 Å². The van der Waals surface area contributed by atoms with E-state index in [9.17, 15) is 22.4 Å². The topological polar surface area (TPSA) is 127 Å². The van der Waals surface area contributed by atoms with Crippen LogP contribution in [-0.4, -0.2) is 36.2 Å². The third-order valence-corrected chi connectivity index (χ3v) is 7.43. The first kappa shape index (κ1) is 30.3. The molecule has 0 unspecified atom stereocenters. The van der Waals surface area contributed by atoms with Crippen molar-refractivity contribution in [2.45, 2.75) is 52.6 Å².